The van der Waals surface area contributed by atoms with E-state index in [2.05, 4.69) is 217 Å². The van der Waals surface area contributed by atoms with Crippen LogP contribution in [0.3, 0.4) is 0 Å². The molecule has 0 bridgehead atoms. The first-order valence-electron chi connectivity index (χ1n) is 23.8. The van der Waals surface area contributed by atoms with Crippen molar-refractivity contribution in [3.05, 3.63) is 215 Å². The van der Waals surface area contributed by atoms with Crippen molar-refractivity contribution in [3.63, 3.8) is 0 Å². The van der Waals surface area contributed by atoms with Gasteiger partial charge >= 0.3 is 0 Å². The number of fused-ring (bicyclic) bond motifs is 11. The van der Waals surface area contributed by atoms with Gasteiger partial charge in [0.15, 0.2) is 0 Å². The summed E-state index contributed by atoms with van der Waals surface area (Å²) in [5.74, 6) is 0. The number of hydrogen-bond donors (Lipinski definition) is 0. The first-order valence-corrected chi connectivity index (χ1v) is 23.8. The van der Waals surface area contributed by atoms with E-state index in [-0.39, 0.29) is 10.8 Å². The third-order valence-electron chi connectivity index (χ3n) is 15.5. The van der Waals surface area contributed by atoms with Gasteiger partial charge in [0, 0.05) is 40.0 Å². The Kier molecular flexibility index (Phi) is 8.60. The molecule has 3 nitrogen and oxygen atoms in total. The third-order valence-corrected chi connectivity index (χ3v) is 15.5. The number of nitrogens with zero attached hydrogens (tertiary/aromatic N) is 3. The number of benzene rings is 7. The lowest BCUT2D eigenvalue weighted by Crippen LogP contribution is -2.28. The minimum atomic E-state index is -0.143. The number of aryl methyl sites for hydroxylation is 1. The van der Waals surface area contributed by atoms with Crippen molar-refractivity contribution in [3.8, 4) is 22.3 Å². The fourth-order valence-electron chi connectivity index (χ4n) is 12.3. The summed E-state index contributed by atoms with van der Waals surface area (Å²) < 4.78 is 0. The van der Waals surface area contributed by atoms with E-state index in [4.69, 9.17) is 0 Å². The summed E-state index contributed by atoms with van der Waals surface area (Å²) in [6.07, 6.45) is 13.1. The van der Waals surface area contributed by atoms with Crippen molar-refractivity contribution in [1.82, 2.24) is 0 Å². The van der Waals surface area contributed by atoms with E-state index >= 15 is 0 Å². The molecule has 5 aliphatic rings. The van der Waals surface area contributed by atoms with Gasteiger partial charge in [0.2, 0.25) is 0 Å². The van der Waals surface area contributed by atoms with Gasteiger partial charge in [0.05, 0.1) is 28.4 Å². The summed E-state index contributed by atoms with van der Waals surface area (Å²) in [6, 6.07) is 68.6. The molecular formula is C62H51N3. The standard InChI is InChI=1S/C62H51N3/c1-61(2)52-38-42(27-31-48(52)49-33-29-46(40-53(49)61)63-37-15-17-44-16-7-8-20-56(44)63)25-26-43-28-32-50-51-34-30-47(41-55(51)62(54(50)39-43)35-13-4-14-36-62)65-59-23-11-9-21-57(59)64(45-18-5-3-6-19-45)58-22-10-12-24-60(58)65/h3,5-12,16,18-28,30-32,34,38-41H,4,13-15,17,35-37H2,1-2H3. The van der Waals surface area contributed by atoms with Gasteiger partial charge in [-0.3, -0.25) is 0 Å². The molecule has 13 rings (SSSR count). The molecule has 314 valence electrons. The lowest BCUT2D eigenvalue weighted by atomic mass is 9.67. The maximum Gasteiger partial charge on any atom is 0.0931 e. The van der Waals surface area contributed by atoms with Crippen LogP contribution in [0.1, 0.15) is 91.3 Å². The van der Waals surface area contributed by atoms with Crippen LogP contribution in [0.15, 0.2) is 164 Å². The molecule has 3 heteroatoms. The zero-order valence-corrected chi connectivity index (χ0v) is 37.2. The minimum absolute atomic E-state index is 0.000307. The van der Waals surface area contributed by atoms with Crippen molar-refractivity contribution in [1.29, 1.82) is 0 Å². The summed E-state index contributed by atoms with van der Waals surface area (Å²) in [6.45, 7) is 5.77. The Morgan fingerprint density at radius 1 is 0.462 bits per heavy atom. The summed E-state index contributed by atoms with van der Waals surface area (Å²) in [7, 11) is 0. The molecule has 65 heavy (non-hydrogen) atoms. The SMILES string of the molecule is CC1(C)c2cc(N3CCCc4ccccc43)c#cc2-c2ccc(C=Cc3ccc4c(c3)C3(CCCCC3)c3cc(N5c6ccccc6N(c6ccccc6)c6ccccc65)ccc3-4)cc21. The Hall–Kier alpha value is -7.28. The molecule has 0 aromatic heterocycles. The highest BCUT2D eigenvalue weighted by Crippen LogP contribution is 2.59. The first-order chi connectivity index (χ1) is 32.0. The molecule has 3 aliphatic carbocycles. The molecule has 8 aromatic rings. The summed E-state index contributed by atoms with van der Waals surface area (Å²) >= 11 is 0. The predicted molar refractivity (Wildman–Crippen MR) is 271 cm³/mol. The van der Waals surface area contributed by atoms with Gasteiger partial charge < -0.3 is 14.7 Å². The Morgan fingerprint density at radius 3 is 1.72 bits per heavy atom. The molecule has 1 fully saturated rings. The number of para-hydroxylation sites is 6. The van der Waals surface area contributed by atoms with Gasteiger partial charge in [-0.1, -0.05) is 154 Å². The molecule has 0 radical (unpaired) electrons. The van der Waals surface area contributed by atoms with Gasteiger partial charge in [-0.25, -0.2) is 0 Å². The molecule has 0 atom stereocenters. The number of anilines is 8. The summed E-state index contributed by atoms with van der Waals surface area (Å²) in [5.41, 5.74) is 24.3. The largest absolute Gasteiger partial charge is 0.334 e. The van der Waals surface area contributed by atoms with Crippen LogP contribution in [0.25, 0.3) is 34.4 Å². The lowest BCUT2D eigenvalue weighted by Gasteiger charge is -2.41. The molecule has 1 saturated carbocycles. The first kappa shape index (κ1) is 38.2. The highest BCUT2D eigenvalue weighted by atomic mass is 15.3. The van der Waals surface area contributed by atoms with Crippen molar-refractivity contribution < 1.29 is 0 Å². The second-order valence-electron chi connectivity index (χ2n) is 19.4. The maximum absolute atomic E-state index is 3.64. The molecular weight excluding hydrogens is 787 g/mol. The topological polar surface area (TPSA) is 9.72 Å². The van der Waals surface area contributed by atoms with Gasteiger partial charge in [0.1, 0.15) is 0 Å². The van der Waals surface area contributed by atoms with Crippen LogP contribution in [-0.4, -0.2) is 6.54 Å². The predicted octanol–water partition coefficient (Wildman–Crippen LogP) is 16.3. The van der Waals surface area contributed by atoms with Crippen LogP contribution < -0.4 is 14.7 Å². The molecule has 2 aliphatic heterocycles. The number of hydrogen-bond acceptors (Lipinski definition) is 3. The lowest BCUT2D eigenvalue weighted by molar-refractivity contribution is 0.353. The summed E-state index contributed by atoms with van der Waals surface area (Å²) in [4.78, 5) is 7.35. The van der Waals surface area contributed by atoms with Gasteiger partial charge in [-0.05, 0) is 148 Å². The van der Waals surface area contributed by atoms with Crippen LogP contribution in [0, 0.1) is 12.1 Å². The molecule has 0 N–H and O–H groups in total. The van der Waals surface area contributed by atoms with E-state index in [1.54, 1.807) is 0 Å². The third kappa shape index (κ3) is 5.83. The van der Waals surface area contributed by atoms with E-state index in [1.165, 1.54) is 133 Å². The second-order valence-corrected chi connectivity index (χ2v) is 19.4. The van der Waals surface area contributed by atoms with Crippen molar-refractivity contribution in [2.45, 2.75) is 69.6 Å². The summed E-state index contributed by atoms with van der Waals surface area (Å²) in [5, 5.41) is 0. The van der Waals surface area contributed by atoms with E-state index in [1.807, 2.05) is 0 Å². The van der Waals surface area contributed by atoms with Crippen molar-refractivity contribution in [2.24, 2.45) is 0 Å². The van der Waals surface area contributed by atoms with E-state index in [9.17, 15) is 0 Å². The fourth-order valence-corrected chi connectivity index (χ4v) is 12.3. The smallest absolute Gasteiger partial charge is 0.0931 e. The van der Waals surface area contributed by atoms with E-state index < -0.39 is 0 Å². The van der Waals surface area contributed by atoms with Crippen LogP contribution in [0.2, 0.25) is 0 Å². The highest BCUT2D eigenvalue weighted by Gasteiger charge is 2.45. The zero-order chi connectivity index (χ0) is 43.3. The van der Waals surface area contributed by atoms with E-state index in [0.717, 1.165) is 25.1 Å². The monoisotopic (exact) mass is 837 g/mol. The Bertz CT molecular complexity index is 3170. The maximum atomic E-state index is 3.64. The van der Waals surface area contributed by atoms with Gasteiger partial charge in [-0.2, -0.15) is 0 Å². The molecule has 0 saturated heterocycles. The Labute approximate surface area is 384 Å². The Morgan fingerprint density at radius 2 is 1.03 bits per heavy atom. The zero-order valence-electron chi connectivity index (χ0n) is 37.2. The van der Waals surface area contributed by atoms with E-state index in [0.29, 0.717) is 0 Å². The molecule has 1 spiro atoms. The molecule has 0 amide bonds. The van der Waals surface area contributed by atoms with Crippen LogP contribution in [0.4, 0.5) is 45.5 Å². The average Bonchev–Trinajstić information content (AvgIpc) is 3.74. The number of rotatable bonds is 5. The quantitative estimate of drug-likeness (QED) is 0.160. The van der Waals surface area contributed by atoms with Gasteiger partial charge in [-0.15, -0.1) is 0 Å². The van der Waals surface area contributed by atoms with Gasteiger partial charge in [0.25, 0.3) is 0 Å². The minimum Gasteiger partial charge on any atom is -0.334 e. The average molecular weight is 838 g/mol. The molecule has 2 heterocycles. The fraction of sp³-hybridized carbons (Fsp3) is 0.194. The Balaban J connectivity index is 0.831. The second kappa shape index (κ2) is 14.6. The van der Waals surface area contributed by atoms with Crippen LogP contribution in [-0.2, 0) is 17.3 Å². The van der Waals surface area contributed by atoms with Crippen LogP contribution >= 0.6 is 0 Å². The normalized spacial score (nSPS) is 16.9. The van der Waals surface area contributed by atoms with Crippen LogP contribution in [0.5, 0.6) is 0 Å². The van der Waals surface area contributed by atoms with Crippen molar-refractivity contribution in [2.75, 3.05) is 21.2 Å². The van der Waals surface area contributed by atoms with Crippen molar-refractivity contribution >= 4 is 57.7 Å². The highest BCUT2D eigenvalue weighted by molar-refractivity contribution is 6.02. The molecule has 8 aromatic carbocycles. The molecule has 0 unspecified atom stereocenters.